The molecule has 0 bridgehead atoms. The van der Waals surface area contributed by atoms with Gasteiger partial charge in [0.2, 0.25) is 0 Å². The molecule has 0 aliphatic heterocycles. The molecule has 0 spiro atoms. The Morgan fingerprint density at radius 1 is 0.897 bits per heavy atom. The summed E-state index contributed by atoms with van der Waals surface area (Å²) in [6, 6.07) is 26.5. The summed E-state index contributed by atoms with van der Waals surface area (Å²) >= 11 is 0. The van der Waals surface area contributed by atoms with Crippen molar-refractivity contribution in [2.45, 2.75) is 0 Å². The van der Waals surface area contributed by atoms with Gasteiger partial charge in [-0.1, -0.05) is 66.7 Å². The van der Waals surface area contributed by atoms with Gasteiger partial charge < -0.3 is 5.11 Å². The largest absolute Gasteiger partial charge is 0.507 e. The molecule has 0 saturated carbocycles. The number of benzene rings is 3. The number of rotatable bonds is 5. The van der Waals surface area contributed by atoms with E-state index in [4.69, 9.17) is 0 Å². The molecule has 1 aromatic heterocycles. The highest BCUT2D eigenvalue weighted by molar-refractivity contribution is 5.94. The molecule has 0 radical (unpaired) electrons. The van der Waals surface area contributed by atoms with Gasteiger partial charge in [0.25, 0.3) is 5.91 Å². The molecule has 6 heteroatoms. The molecule has 4 aromatic rings. The van der Waals surface area contributed by atoms with Crippen molar-refractivity contribution in [3.8, 4) is 28.1 Å². The highest BCUT2D eigenvalue weighted by Crippen LogP contribution is 2.24. The monoisotopic (exact) mass is 382 g/mol. The number of phenolic OH excluding ortho intramolecular Hbond substituents is 1. The van der Waals surface area contributed by atoms with Crippen LogP contribution in [0.3, 0.4) is 0 Å². The van der Waals surface area contributed by atoms with E-state index in [0.29, 0.717) is 17.0 Å². The van der Waals surface area contributed by atoms with E-state index < -0.39 is 5.91 Å². The van der Waals surface area contributed by atoms with E-state index in [1.165, 1.54) is 6.21 Å². The first-order valence-electron chi connectivity index (χ1n) is 9.03. The van der Waals surface area contributed by atoms with Crippen LogP contribution in [-0.2, 0) is 0 Å². The molecule has 29 heavy (non-hydrogen) atoms. The van der Waals surface area contributed by atoms with Crippen LogP contribution < -0.4 is 5.43 Å². The predicted molar refractivity (Wildman–Crippen MR) is 113 cm³/mol. The predicted octanol–water partition coefficient (Wildman–Crippen LogP) is 4.21. The molecular weight excluding hydrogens is 364 g/mol. The number of aromatic hydroxyl groups is 1. The van der Waals surface area contributed by atoms with Gasteiger partial charge in [0.15, 0.2) is 0 Å². The highest BCUT2D eigenvalue weighted by atomic mass is 16.3. The molecule has 0 unspecified atom stereocenters. The maximum absolute atomic E-state index is 12.2. The molecule has 0 fully saturated rings. The number of hydrogen-bond acceptors (Lipinski definition) is 4. The molecule has 6 nitrogen and oxygen atoms in total. The maximum Gasteiger partial charge on any atom is 0.289 e. The van der Waals surface area contributed by atoms with Gasteiger partial charge in [-0.2, -0.15) is 10.2 Å². The average molecular weight is 382 g/mol. The van der Waals surface area contributed by atoms with Crippen LogP contribution in [0.4, 0.5) is 0 Å². The van der Waals surface area contributed by atoms with E-state index in [2.05, 4.69) is 32.9 Å². The number of nitrogens with zero attached hydrogens (tertiary/aromatic N) is 2. The second-order valence-electron chi connectivity index (χ2n) is 6.37. The summed E-state index contributed by atoms with van der Waals surface area (Å²) < 4.78 is 0. The van der Waals surface area contributed by atoms with Crippen LogP contribution in [-0.4, -0.2) is 27.4 Å². The zero-order valence-electron chi connectivity index (χ0n) is 15.4. The molecule has 3 aromatic carbocycles. The lowest BCUT2D eigenvalue weighted by molar-refractivity contribution is 0.0950. The third-order valence-corrected chi connectivity index (χ3v) is 4.42. The number of amides is 1. The first kappa shape index (κ1) is 18.2. The maximum atomic E-state index is 12.2. The van der Waals surface area contributed by atoms with Crippen LogP contribution in [0.2, 0.25) is 0 Å². The molecule has 1 heterocycles. The third-order valence-electron chi connectivity index (χ3n) is 4.42. The standard InChI is InChI=1S/C23H18N4O2/c28-22-9-5-4-8-19(22)15-24-27-23(29)21-14-20(25-26-21)18-12-10-17(11-13-18)16-6-2-1-3-7-16/h1-15,28H,(H,25,26)(H,27,29)/b24-15+. The number of carbonyl (C=O) groups excluding carboxylic acids is 1. The number of hydrazone groups is 1. The van der Waals surface area contributed by atoms with Gasteiger partial charge in [0.1, 0.15) is 11.4 Å². The van der Waals surface area contributed by atoms with Gasteiger partial charge >= 0.3 is 0 Å². The summed E-state index contributed by atoms with van der Waals surface area (Å²) in [6.07, 6.45) is 1.38. The van der Waals surface area contributed by atoms with Gasteiger partial charge in [0, 0.05) is 11.1 Å². The van der Waals surface area contributed by atoms with Crippen LogP contribution in [0.25, 0.3) is 22.4 Å². The first-order valence-corrected chi connectivity index (χ1v) is 9.03. The lowest BCUT2D eigenvalue weighted by Gasteiger charge is -2.02. The Hall–Kier alpha value is -4.19. The minimum atomic E-state index is -0.420. The molecule has 0 aliphatic carbocycles. The van der Waals surface area contributed by atoms with Crippen molar-refractivity contribution >= 4 is 12.1 Å². The topological polar surface area (TPSA) is 90.4 Å². The van der Waals surface area contributed by atoms with Gasteiger partial charge in [-0.05, 0) is 29.3 Å². The molecule has 0 aliphatic rings. The number of H-pyrrole nitrogens is 1. The van der Waals surface area contributed by atoms with Gasteiger partial charge in [0.05, 0.1) is 11.9 Å². The number of hydrogen-bond donors (Lipinski definition) is 3. The van der Waals surface area contributed by atoms with Crippen molar-refractivity contribution in [2.75, 3.05) is 0 Å². The van der Waals surface area contributed by atoms with Crippen molar-refractivity contribution in [3.63, 3.8) is 0 Å². The number of para-hydroxylation sites is 1. The average Bonchev–Trinajstić information content (AvgIpc) is 3.26. The van der Waals surface area contributed by atoms with E-state index >= 15 is 0 Å². The molecule has 4 rings (SSSR count). The number of nitrogens with one attached hydrogen (secondary N) is 2. The summed E-state index contributed by atoms with van der Waals surface area (Å²) in [7, 11) is 0. The van der Waals surface area contributed by atoms with Crippen LogP contribution in [0.1, 0.15) is 16.1 Å². The van der Waals surface area contributed by atoms with Gasteiger partial charge in [-0.3, -0.25) is 9.89 Å². The number of phenols is 1. The van der Waals surface area contributed by atoms with E-state index in [1.54, 1.807) is 30.3 Å². The van der Waals surface area contributed by atoms with Crippen LogP contribution >= 0.6 is 0 Å². The fourth-order valence-electron chi connectivity index (χ4n) is 2.87. The van der Waals surface area contributed by atoms with Crippen LogP contribution in [0.15, 0.2) is 90.0 Å². The first-order chi connectivity index (χ1) is 14.2. The van der Waals surface area contributed by atoms with Crippen LogP contribution in [0, 0.1) is 0 Å². The second-order valence-corrected chi connectivity index (χ2v) is 6.37. The SMILES string of the molecule is O=C(N/N=C/c1ccccc1O)c1cc(-c2ccc(-c3ccccc3)cc2)n[nH]1. The smallest absolute Gasteiger partial charge is 0.289 e. The van der Waals surface area contributed by atoms with E-state index in [0.717, 1.165) is 16.7 Å². The van der Waals surface area contributed by atoms with E-state index in [-0.39, 0.29) is 5.75 Å². The minimum absolute atomic E-state index is 0.0910. The van der Waals surface area contributed by atoms with E-state index in [1.807, 2.05) is 42.5 Å². The zero-order valence-corrected chi connectivity index (χ0v) is 15.4. The Morgan fingerprint density at radius 3 is 2.31 bits per heavy atom. The summed E-state index contributed by atoms with van der Waals surface area (Å²) in [5, 5.41) is 20.5. The normalized spacial score (nSPS) is 10.9. The Labute approximate surface area is 167 Å². The van der Waals surface area contributed by atoms with Crippen molar-refractivity contribution in [1.82, 2.24) is 15.6 Å². The minimum Gasteiger partial charge on any atom is -0.507 e. The summed E-state index contributed by atoms with van der Waals surface area (Å²) in [5.74, 6) is -0.329. The number of aromatic amines is 1. The molecule has 1 amide bonds. The molecule has 0 atom stereocenters. The third kappa shape index (κ3) is 4.22. The highest BCUT2D eigenvalue weighted by Gasteiger charge is 2.10. The Bertz CT molecular complexity index is 1150. The van der Waals surface area contributed by atoms with Gasteiger partial charge in [-0.25, -0.2) is 5.43 Å². The van der Waals surface area contributed by atoms with Crippen molar-refractivity contribution in [1.29, 1.82) is 0 Å². The summed E-state index contributed by atoms with van der Waals surface area (Å²) in [5.41, 5.74) is 7.04. The zero-order chi connectivity index (χ0) is 20.1. The molecular formula is C23H18N4O2. The lowest BCUT2D eigenvalue weighted by atomic mass is 10.0. The lowest BCUT2D eigenvalue weighted by Crippen LogP contribution is -2.18. The fraction of sp³-hybridized carbons (Fsp3) is 0. The Morgan fingerprint density at radius 2 is 1.55 bits per heavy atom. The van der Waals surface area contributed by atoms with Crippen LogP contribution in [0.5, 0.6) is 5.75 Å². The quantitative estimate of drug-likeness (QED) is 0.357. The second kappa shape index (κ2) is 8.22. The Kier molecular flexibility index (Phi) is 5.16. The Balaban J connectivity index is 1.44. The summed E-state index contributed by atoms with van der Waals surface area (Å²) in [6.45, 7) is 0. The number of aromatic nitrogens is 2. The molecule has 142 valence electrons. The van der Waals surface area contributed by atoms with Crippen molar-refractivity contribution < 1.29 is 9.90 Å². The molecule has 3 N–H and O–H groups in total. The van der Waals surface area contributed by atoms with E-state index in [9.17, 15) is 9.90 Å². The van der Waals surface area contributed by atoms with Crippen molar-refractivity contribution in [3.05, 3.63) is 96.2 Å². The molecule has 0 saturated heterocycles. The van der Waals surface area contributed by atoms with Gasteiger partial charge in [-0.15, -0.1) is 0 Å². The van der Waals surface area contributed by atoms with Crippen molar-refractivity contribution in [2.24, 2.45) is 5.10 Å². The number of carbonyl (C=O) groups is 1. The summed E-state index contributed by atoms with van der Waals surface area (Å²) in [4.78, 5) is 12.2. The fourth-order valence-corrected chi connectivity index (χ4v) is 2.87.